The van der Waals surface area contributed by atoms with Crippen LogP contribution in [-0.4, -0.2) is 30.6 Å². The Labute approximate surface area is 178 Å². The van der Waals surface area contributed by atoms with Crippen molar-refractivity contribution < 1.29 is 19.0 Å². The van der Waals surface area contributed by atoms with E-state index in [0.717, 1.165) is 11.3 Å². The first kappa shape index (κ1) is 20.5. The van der Waals surface area contributed by atoms with Gasteiger partial charge in [0.25, 0.3) is 5.91 Å². The zero-order chi connectivity index (χ0) is 19.9. The minimum absolute atomic E-state index is 0.219. The molecule has 1 aliphatic rings. The van der Waals surface area contributed by atoms with Gasteiger partial charge in [0.05, 0.1) is 30.3 Å². The molecule has 1 heterocycles. The van der Waals surface area contributed by atoms with Crippen LogP contribution >= 0.6 is 35.6 Å². The third kappa shape index (κ3) is 5.41. The molecule has 0 bridgehead atoms. The molecule has 0 spiro atoms. The number of halogens is 1. The van der Waals surface area contributed by atoms with E-state index in [2.05, 4.69) is 5.32 Å². The Morgan fingerprint density at radius 1 is 1.18 bits per heavy atom. The number of hydrogen-bond donors (Lipinski definition) is 1. The molecule has 1 saturated heterocycles. The number of thioether (sulfide) groups is 1. The highest BCUT2D eigenvalue weighted by Gasteiger charge is 2.22. The Kier molecular flexibility index (Phi) is 7.19. The maximum Gasteiger partial charge on any atom is 0.263 e. The van der Waals surface area contributed by atoms with Crippen LogP contribution in [0, 0.1) is 0 Å². The van der Waals surface area contributed by atoms with Gasteiger partial charge in [-0.1, -0.05) is 53.8 Å². The van der Waals surface area contributed by atoms with Crippen molar-refractivity contribution in [1.29, 1.82) is 0 Å². The van der Waals surface area contributed by atoms with Crippen LogP contribution < -0.4 is 19.5 Å². The summed E-state index contributed by atoms with van der Waals surface area (Å²) < 4.78 is 17.3. The number of ether oxygens (including phenoxy) is 3. The maximum atomic E-state index is 11.8. The molecule has 5 nitrogen and oxygen atoms in total. The van der Waals surface area contributed by atoms with Gasteiger partial charge in [0.15, 0.2) is 11.5 Å². The second-order valence-corrected chi connectivity index (χ2v) is 7.88. The van der Waals surface area contributed by atoms with Crippen molar-refractivity contribution in [2.75, 3.05) is 20.3 Å². The van der Waals surface area contributed by atoms with Crippen LogP contribution in [0.25, 0.3) is 6.08 Å². The number of carbonyl (C=O) groups excluding carboxylic acids is 1. The van der Waals surface area contributed by atoms with Crippen LogP contribution in [0.15, 0.2) is 47.4 Å². The Balaban J connectivity index is 1.61. The lowest BCUT2D eigenvalue weighted by Crippen LogP contribution is -2.17. The first-order valence-electron chi connectivity index (χ1n) is 8.50. The molecule has 28 heavy (non-hydrogen) atoms. The number of thiocarbonyl (C=S) groups is 1. The molecule has 0 radical (unpaired) electrons. The van der Waals surface area contributed by atoms with Crippen LogP contribution in [0.5, 0.6) is 17.2 Å². The lowest BCUT2D eigenvalue weighted by molar-refractivity contribution is -0.115. The molecule has 0 aliphatic carbocycles. The quantitative estimate of drug-likeness (QED) is 0.369. The smallest absolute Gasteiger partial charge is 0.263 e. The third-order valence-corrected chi connectivity index (χ3v) is 5.18. The average Bonchev–Trinajstić information content (AvgIpc) is 3.00. The first-order valence-corrected chi connectivity index (χ1v) is 10.1. The minimum atomic E-state index is -0.219. The zero-order valence-electron chi connectivity index (χ0n) is 15.1. The molecular weight excluding hydrogens is 418 g/mol. The van der Waals surface area contributed by atoms with Crippen molar-refractivity contribution in [3.63, 3.8) is 0 Å². The van der Waals surface area contributed by atoms with E-state index < -0.39 is 0 Å². The second kappa shape index (κ2) is 9.82. The lowest BCUT2D eigenvalue weighted by Gasteiger charge is -2.14. The first-order chi connectivity index (χ1) is 13.6. The summed E-state index contributed by atoms with van der Waals surface area (Å²) in [6.45, 7) is 0.955. The van der Waals surface area contributed by atoms with Crippen LogP contribution in [0.3, 0.4) is 0 Å². The summed E-state index contributed by atoms with van der Waals surface area (Å²) in [4.78, 5) is 12.3. The molecule has 146 valence electrons. The molecule has 1 amide bonds. The van der Waals surface area contributed by atoms with Gasteiger partial charge < -0.3 is 19.5 Å². The molecule has 0 unspecified atom stereocenters. The van der Waals surface area contributed by atoms with Crippen molar-refractivity contribution in [2.45, 2.75) is 6.42 Å². The number of benzene rings is 2. The molecule has 8 heteroatoms. The summed E-state index contributed by atoms with van der Waals surface area (Å²) in [5.41, 5.74) is 0.726. The number of amides is 1. The molecule has 1 fully saturated rings. The normalized spacial score (nSPS) is 14.9. The van der Waals surface area contributed by atoms with E-state index >= 15 is 0 Å². The van der Waals surface area contributed by atoms with Crippen LogP contribution in [0.2, 0.25) is 5.02 Å². The van der Waals surface area contributed by atoms with E-state index in [4.69, 9.17) is 38.0 Å². The molecule has 3 rings (SSSR count). The average molecular weight is 436 g/mol. The summed E-state index contributed by atoms with van der Waals surface area (Å²) >= 11 is 12.6. The highest BCUT2D eigenvalue weighted by molar-refractivity contribution is 8.26. The Morgan fingerprint density at radius 3 is 2.61 bits per heavy atom. The van der Waals surface area contributed by atoms with Crippen molar-refractivity contribution in [3.8, 4) is 17.2 Å². The maximum absolute atomic E-state index is 11.8. The molecule has 2 aromatic rings. The van der Waals surface area contributed by atoms with Gasteiger partial charge in [-0.25, -0.2) is 0 Å². The minimum Gasteiger partial charge on any atom is -0.493 e. The Bertz CT molecular complexity index is 903. The van der Waals surface area contributed by atoms with Crippen molar-refractivity contribution >= 4 is 51.9 Å². The highest BCUT2D eigenvalue weighted by atomic mass is 35.5. The number of hydrogen-bond acceptors (Lipinski definition) is 6. The summed E-state index contributed by atoms with van der Waals surface area (Å²) in [6, 6.07) is 13.1. The monoisotopic (exact) mass is 435 g/mol. The standard InChI is InChI=1S/C20H18ClNO4S2/c1-24-16-11-13(12-17-19(23)22-20(27)28-17)10-15(21)18(16)26-9-5-8-25-14-6-3-2-4-7-14/h2-4,6-7,10-12H,5,8-9H2,1H3,(H,22,23,27)/b17-12+. The summed E-state index contributed by atoms with van der Waals surface area (Å²) in [7, 11) is 1.54. The summed E-state index contributed by atoms with van der Waals surface area (Å²) in [5.74, 6) is 1.56. The predicted octanol–water partition coefficient (Wildman–Crippen LogP) is 4.69. The van der Waals surface area contributed by atoms with Gasteiger partial charge in [0.2, 0.25) is 0 Å². The Morgan fingerprint density at radius 2 is 1.93 bits per heavy atom. The van der Waals surface area contributed by atoms with Gasteiger partial charge >= 0.3 is 0 Å². The summed E-state index contributed by atoms with van der Waals surface area (Å²) in [5, 5.41) is 2.98. The molecule has 1 aliphatic heterocycles. The lowest BCUT2D eigenvalue weighted by atomic mass is 10.2. The molecule has 0 aromatic heterocycles. The number of nitrogens with one attached hydrogen (secondary N) is 1. The molecule has 0 saturated carbocycles. The fourth-order valence-corrected chi connectivity index (χ4v) is 3.79. The largest absolute Gasteiger partial charge is 0.493 e. The number of rotatable bonds is 8. The van der Waals surface area contributed by atoms with E-state index in [9.17, 15) is 4.79 Å². The summed E-state index contributed by atoms with van der Waals surface area (Å²) in [6.07, 6.45) is 2.40. The van der Waals surface area contributed by atoms with Gasteiger partial charge in [-0.05, 0) is 35.9 Å². The van der Waals surface area contributed by atoms with Gasteiger partial charge in [0.1, 0.15) is 10.1 Å². The van der Waals surface area contributed by atoms with Gasteiger partial charge in [-0.2, -0.15) is 0 Å². The van der Waals surface area contributed by atoms with Gasteiger partial charge in [-0.15, -0.1) is 0 Å². The molecular formula is C20H18ClNO4S2. The molecule has 1 N–H and O–H groups in total. The van der Waals surface area contributed by atoms with Crippen LogP contribution in [0.1, 0.15) is 12.0 Å². The van der Waals surface area contributed by atoms with E-state index in [1.165, 1.54) is 11.8 Å². The number of para-hydroxylation sites is 1. The van der Waals surface area contributed by atoms with Crippen molar-refractivity contribution in [3.05, 3.63) is 58.0 Å². The second-order valence-electron chi connectivity index (χ2n) is 5.75. The van der Waals surface area contributed by atoms with E-state index in [1.54, 1.807) is 25.3 Å². The SMILES string of the molecule is COc1cc(/C=C2/SC(=S)NC2=O)cc(Cl)c1OCCCOc1ccccc1. The van der Waals surface area contributed by atoms with E-state index in [0.29, 0.717) is 45.4 Å². The zero-order valence-corrected chi connectivity index (χ0v) is 17.5. The Hall–Kier alpha value is -2.22. The highest BCUT2D eigenvalue weighted by Crippen LogP contribution is 2.38. The molecule has 2 aromatic carbocycles. The number of carbonyl (C=O) groups is 1. The van der Waals surface area contributed by atoms with Crippen LogP contribution in [0.4, 0.5) is 0 Å². The van der Waals surface area contributed by atoms with E-state index in [1.807, 2.05) is 30.3 Å². The van der Waals surface area contributed by atoms with Crippen molar-refractivity contribution in [2.24, 2.45) is 0 Å². The fraction of sp³-hybridized carbons (Fsp3) is 0.200. The third-order valence-electron chi connectivity index (χ3n) is 3.74. The van der Waals surface area contributed by atoms with E-state index in [-0.39, 0.29) is 5.91 Å². The predicted molar refractivity (Wildman–Crippen MR) is 116 cm³/mol. The molecule has 0 atom stereocenters. The van der Waals surface area contributed by atoms with Crippen LogP contribution in [-0.2, 0) is 4.79 Å². The fourth-order valence-electron chi connectivity index (χ4n) is 2.48. The number of methoxy groups -OCH3 is 1. The van der Waals surface area contributed by atoms with Gasteiger partial charge in [-0.3, -0.25) is 4.79 Å². The topological polar surface area (TPSA) is 56.8 Å². The van der Waals surface area contributed by atoms with Gasteiger partial charge in [0, 0.05) is 6.42 Å². The van der Waals surface area contributed by atoms with Crippen molar-refractivity contribution in [1.82, 2.24) is 5.32 Å².